The van der Waals surface area contributed by atoms with E-state index in [-0.39, 0.29) is 4.90 Å². The summed E-state index contributed by atoms with van der Waals surface area (Å²) in [6, 6.07) is 3.06. The quantitative estimate of drug-likeness (QED) is 0.475. The number of anilines is 1. The van der Waals surface area contributed by atoms with E-state index < -0.39 is 10.0 Å². The van der Waals surface area contributed by atoms with Gasteiger partial charge >= 0.3 is 0 Å². The third-order valence-electron chi connectivity index (χ3n) is 3.70. The Hall–Kier alpha value is -2.01. The molecule has 0 unspecified atom stereocenters. The van der Waals surface area contributed by atoms with E-state index >= 15 is 0 Å². The molecule has 0 amide bonds. The molecule has 0 saturated carbocycles. The molecule has 0 aromatic carbocycles. The maximum absolute atomic E-state index is 12.4. The molecule has 26 heavy (non-hydrogen) atoms. The molecule has 0 aliphatic heterocycles. The minimum Gasteiger partial charge on any atom is -0.288 e. The molecule has 0 saturated heterocycles. The van der Waals surface area contributed by atoms with E-state index in [0.29, 0.717) is 29.8 Å². The molecule has 0 aliphatic rings. The zero-order valence-corrected chi connectivity index (χ0v) is 16.5. The summed E-state index contributed by atoms with van der Waals surface area (Å²) < 4.78 is 28.1. The number of aromatic nitrogens is 3. The van der Waals surface area contributed by atoms with Crippen molar-refractivity contribution in [1.82, 2.24) is 18.7 Å². The van der Waals surface area contributed by atoms with E-state index in [4.69, 9.17) is 11.6 Å². The molecular weight excluding hydrogens is 396 g/mol. The zero-order chi connectivity index (χ0) is 18.7. The highest BCUT2D eigenvalue weighted by molar-refractivity contribution is 7.89. The molecule has 0 aliphatic carbocycles. The average molecular weight is 413 g/mol. The van der Waals surface area contributed by atoms with Gasteiger partial charge in [-0.15, -0.1) is 11.3 Å². The molecule has 1 N–H and O–H groups in total. The number of imidazole rings is 1. The molecule has 3 heterocycles. The smallest absolute Gasteiger partial charge is 0.244 e. The number of sulfonamides is 1. The van der Waals surface area contributed by atoms with Crippen molar-refractivity contribution in [2.75, 3.05) is 18.5 Å². The molecule has 3 rings (SSSR count). The van der Waals surface area contributed by atoms with Crippen LogP contribution in [-0.4, -0.2) is 46.4 Å². The van der Waals surface area contributed by atoms with Crippen LogP contribution in [0.3, 0.4) is 0 Å². The molecule has 0 atom stereocenters. The van der Waals surface area contributed by atoms with Crippen LogP contribution in [0.15, 0.2) is 39.9 Å². The fraction of sp³-hybridized carbons (Fsp3) is 0.267. The second-order valence-corrected chi connectivity index (χ2v) is 8.35. The van der Waals surface area contributed by atoms with E-state index in [0.717, 1.165) is 4.96 Å². The Labute approximate surface area is 160 Å². The fourth-order valence-electron chi connectivity index (χ4n) is 2.36. The van der Waals surface area contributed by atoms with Crippen molar-refractivity contribution in [3.05, 3.63) is 40.8 Å². The minimum atomic E-state index is -3.52. The highest BCUT2D eigenvalue weighted by Gasteiger charge is 2.21. The first kappa shape index (κ1) is 18.8. The number of fused-ring (bicyclic) bond motifs is 1. The van der Waals surface area contributed by atoms with Crippen molar-refractivity contribution in [1.29, 1.82) is 0 Å². The van der Waals surface area contributed by atoms with Gasteiger partial charge in [0.2, 0.25) is 10.0 Å². The summed E-state index contributed by atoms with van der Waals surface area (Å²) in [4.78, 5) is 9.24. The van der Waals surface area contributed by atoms with E-state index in [9.17, 15) is 8.42 Å². The maximum Gasteiger partial charge on any atom is 0.244 e. The Balaban J connectivity index is 1.74. The van der Waals surface area contributed by atoms with E-state index in [1.54, 1.807) is 19.9 Å². The molecule has 0 fully saturated rings. The Kier molecular flexibility index (Phi) is 5.56. The summed E-state index contributed by atoms with van der Waals surface area (Å²) in [5.74, 6) is 0.418. The number of pyridine rings is 1. The number of thiazole rings is 1. The van der Waals surface area contributed by atoms with E-state index in [2.05, 4.69) is 20.5 Å². The lowest BCUT2D eigenvalue weighted by Gasteiger charge is -2.18. The van der Waals surface area contributed by atoms with Crippen LogP contribution >= 0.6 is 22.9 Å². The third-order valence-corrected chi connectivity index (χ3v) is 6.77. The Morgan fingerprint density at radius 2 is 2.15 bits per heavy atom. The molecule has 0 radical (unpaired) electrons. The summed E-state index contributed by atoms with van der Waals surface area (Å²) in [5, 5.41) is 6.36. The first-order valence-electron chi connectivity index (χ1n) is 7.83. The van der Waals surface area contributed by atoms with Crippen LogP contribution in [-0.2, 0) is 10.0 Å². The number of nitrogens with zero attached hydrogens (tertiary/aromatic N) is 5. The van der Waals surface area contributed by atoms with Crippen molar-refractivity contribution in [3.8, 4) is 0 Å². The minimum absolute atomic E-state index is 0.148. The lowest BCUT2D eigenvalue weighted by Crippen LogP contribution is -2.30. The van der Waals surface area contributed by atoms with Gasteiger partial charge in [0.15, 0.2) is 10.1 Å². The first-order chi connectivity index (χ1) is 12.5. The molecule has 8 nitrogen and oxygen atoms in total. The molecule has 138 valence electrons. The number of hydrazone groups is 1. The summed E-state index contributed by atoms with van der Waals surface area (Å²) in [6.45, 7) is 4.41. The van der Waals surface area contributed by atoms with Gasteiger partial charge in [-0.2, -0.15) is 9.41 Å². The molecule has 3 aromatic heterocycles. The summed E-state index contributed by atoms with van der Waals surface area (Å²) in [6.07, 6.45) is 4.71. The molecule has 11 heteroatoms. The number of hydrogen-bond acceptors (Lipinski definition) is 7. The Morgan fingerprint density at radius 3 is 2.81 bits per heavy atom. The third kappa shape index (κ3) is 3.58. The van der Waals surface area contributed by atoms with Gasteiger partial charge in [-0.05, 0) is 12.1 Å². The summed E-state index contributed by atoms with van der Waals surface area (Å²) in [7, 11) is -3.52. The van der Waals surface area contributed by atoms with Crippen molar-refractivity contribution >= 4 is 50.0 Å². The molecular formula is C15H17ClN6O2S2. The summed E-state index contributed by atoms with van der Waals surface area (Å²) >= 11 is 7.56. The van der Waals surface area contributed by atoms with Gasteiger partial charge in [0.05, 0.1) is 6.21 Å². The molecule has 0 bridgehead atoms. The van der Waals surface area contributed by atoms with Gasteiger partial charge in [0.1, 0.15) is 16.4 Å². The van der Waals surface area contributed by atoms with Gasteiger partial charge < -0.3 is 0 Å². The largest absolute Gasteiger partial charge is 0.288 e. The SMILES string of the molecule is CCN(CC)S(=O)(=O)c1ccc(N/N=C/c2c(Cl)nc3sccn23)nc1. The number of nitrogens with one attached hydrogen (secondary N) is 1. The van der Waals surface area contributed by atoms with Crippen LogP contribution in [0.5, 0.6) is 0 Å². The standard InChI is InChI=1S/C15H17ClN6O2S2/c1-3-21(4-2)26(23,24)11-5-6-13(17-9-11)20-18-10-12-14(16)19-15-22(12)7-8-25-15/h5-10H,3-4H2,1-2H3,(H,17,20)/b18-10+. The highest BCUT2D eigenvalue weighted by atomic mass is 35.5. The fourth-order valence-corrected chi connectivity index (χ4v) is 4.76. The lowest BCUT2D eigenvalue weighted by molar-refractivity contribution is 0.445. The van der Waals surface area contributed by atoms with Crippen LogP contribution in [0.25, 0.3) is 4.96 Å². The van der Waals surface area contributed by atoms with Gasteiger partial charge in [-0.3, -0.25) is 9.83 Å². The normalized spacial score (nSPS) is 12.5. The second-order valence-electron chi connectivity index (χ2n) is 5.18. The maximum atomic E-state index is 12.4. The van der Waals surface area contributed by atoms with Crippen molar-refractivity contribution < 1.29 is 8.42 Å². The number of rotatable bonds is 7. The lowest BCUT2D eigenvalue weighted by atomic mass is 10.5. The van der Waals surface area contributed by atoms with Crippen LogP contribution in [0.2, 0.25) is 5.15 Å². The van der Waals surface area contributed by atoms with E-state index in [1.165, 1.54) is 34.1 Å². The first-order valence-corrected chi connectivity index (χ1v) is 10.5. The second kappa shape index (κ2) is 7.70. The van der Waals surface area contributed by atoms with Crippen molar-refractivity contribution in [2.24, 2.45) is 5.10 Å². The summed E-state index contributed by atoms with van der Waals surface area (Å²) in [5.41, 5.74) is 3.41. The zero-order valence-electron chi connectivity index (χ0n) is 14.1. The predicted molar refractivity (Wildman–Crippen MR) is 104 cm³/mol. The Bertz CT molecular complexity index is 1020. The molecule has 3 aromatic rings. The van der Waals surface area contributed by atoms with Gasteiger partial charge in [0, 0.05) is 30.9 Å². The van der Waals surface area contributed by atoms with Crippen molar-refractivity contribution in [3.63, 3.8) is 0 Å². The number of hydrogen-bond donors (Lipinski definition) is 1. The van der Waals surface area contributed by atoms with Crippen LogP contribution in [0.1, 0.15) is 19.5 Å². The molecule has 0 spiro atoms. The predicted octanol–water partition coefficient (Wildman–Crippen LogP) is 2.92. The van der Waals surface area contributed by atoms with Gasteiger partial charge in [0.25, 0.3) is 0 Å². The van der Waals surface area contributed by atoms with Crippen LogP contribution in [0, 0.1) is 0 Å². The van der Waals surface area contributed by atoms with E-state index in [1.807, 2.05) is 16.0 Å². The van der Waals surface area contributed by atoms with Crippen LogP contribution < -0.4 is 5.43 Å². The monoisotopic (exact) mass is 412 g/mol. The van der Waals surface area contributed by atoms with Gasteiger partial charge in [-0.25, -0.2) is 18.4 Å². The Morgan fingerprint density at radius 1 is 1.38 bits per heavy atom. The highest BCUT2D eigenvalue weighted by Crippen LogP contribution is 2.20. The van der Waals surface area contributed by atoms with Crippen molar-refractivity contribution in [2.45, 2.75) is 18.7 Å². The topological polar surface area (TPSA) is 92.0 Å². The number of halogens is 1. The average Bonchev–Trinajstić information content (AvgIpc) is 3.18. The van der Waals surface area contributed by atoms with Crippen LogP contribution in [0.4, 0.5) is 5.82 Å². The van der Waals surface area contributed by atoms with Gasteiger partial charge in [-0.1, -0.05) is 25.4 Å².